The zero-order valence-electron chi connectivity index (χ0n) is 11.9. The van der Waals surface area contributed by atoms with Gasteiger partial charge in [0.1, 0.15) is 0 Å². The molecule has 1 saturated heterocycles. The van der Waals surface area contributed by atoms with E-state index in [1.807, 2.05) is 12.1 Å². The van der Waals surface area contributed by atoms with Gasteiger partial charge in [-0.1, -0.05) is 19.1 Å². The molecule has 0 spiro atoms. The summed E-state index contributed by atoms with van der Waals surface area (Å²) < 4.78 is 13.9. The van der Waals surface area contributed by atoms with Crippen molar-refractivity contribution in [2.75, 3.05) is 31.9 Å². The highest BCUT2D eigenvalue weighted by atomic mass is 19.1. The Morgan fingerprint density at radius 2 is 1.95 bits per heavy atom. The van der Waals surface area contributed by atoms with E-state index >= 15 is 0 Å². The molecule has 0 aliphatic carbocycles. The summed E-state index contributed by atoms with van der Waals surface area (Å²) in [6, 6.07) is 5.90. The average Bonchev–Trinajstić information content (AvgIpc) is 2.44. The number of nitrogen functional groups attached to an aromatic ring is 1. The molecule has 19 heavy (non-hydrogen) atoms. The molecule has 1 aliphatic rings. The van der Waals surface area contributed by atoms with Crippen LogP contribution in [0.4, 0.5) is 10.1 Å². The molecule has 1 atom stereocenters. The fraction of sp³-hybridized carbons (Fsp3) is 0.600. The molecule has 0 bridgehead atoms. The number of benzene rings is 1. The lowest BCUT2D eigenvalue weighted by Gasteiger charge is -2.37. The van der Waals surface area contributed by atoms with Crippen LogP contribution in [0.1, 0.15) is 25.8 Å². The van der Waals surface area contributed by atoms with Gasteiger partial charge in [0.25, 0.3) is 0 Å². The first kappa shape index (κ1) is 14.3. The van der Waals surface area contributed by atoms with Crippen molar-refractivity contribution in [3.63, 3.8) is 0 Å². The van der Waals surface area contributed by atoms with Gasteiger partial charge >= 0.3 is 0 Å². The van der Waals surface area contributed by atoms with Crippen LogP contribution in [-0.2, 0) is 6.54 Å². The Kier molecular flexibility index (Phi) is 4.77. The van der Waals surface area contributed by atoms with Gasteiger partial charge in [-0.3, -0.25) is 9.80 Å². The maximum absolute atomic E-state index is 13.9. The molecule has 0 aromatic heterocycles. The second-order valence-corrected chi connectivity index (χ2v) is 5.39. The molecule has 1 fully saturated rings. The molecule has 3 nitrogen and oxygen atoms in total. The first-order valence-electron chi connectivity index (χ1n) is 7.11. The molecule has 0 radical (unpaired) electrons. The lowest BCUT2D eigenvalue weighted by molar-refractivity contribution is 0.0957. The molecule has 106 valence electrons. The first-order chi connectivity index (χ1) is 9.11. The van der Waals surface area contributed by atoms with Crippen LogP contribution in [0.15, 0.2) is 18.2 Å². The van der Waals surface area contributed by atoms with E-state index in [1.165, 1.54) is 6.42 Å². The Morgan fingerprint density at radius 3 is 2.58 bits per heavy atom. The summed E-state index contributed by atoms with van der Waals surface area (Å²) in [7, 11) is 0. The predicted molar refractivity (Wildman–Crippen MR) is 77.4 cm³/mol. The number of anilines is 1. The molecule has 1 heterocycles. The van der Waals surface area contributed by atoms with E-state index in [2.05, 4.69) is 23.6 Å². The number of piperazine rings is 1. The standard InChI is InChI=1S/C15H24FN3/c1-3-12(2)19-9-7-18(8-10-19)11-13-5-4-6-14(17)15(13)16/h4-6,12H,3,7-11,17H2,1-2H3. The fourth-order valence-electron chi connectivity index (χ4n) is 2.58. The predicted octanol–water partition coefficient (Wildman–Crippen LogP) is 2.32. The van der Waals surface area contributed by atoms with E-state index in [1.54, 1.807) is 6.07 Å². The van der Waals surface area contributed by atoms with Crippen molar-refractivity contribution in [3.05, 3.63) is 29.6 Å². The molecule has 1 aromatic carbocycles. The van der Waals surface area contributed by atoms with Crippen molar-refractivity contribution in [2.45, 2.75) is 32.9 Å². The number of hydrogen-bond acceptors (Lipinski definition) is 3. The second kappa shape index (κ2) is 6.35. The third-order valence-corrected chi connectivity index (χ3v) is 4.12. The summed E-state index contributed by atoms with van der Waals surface area (Å²) in [5.74, 6) is -0.258. The van der Waals surface area contributed by atoms with Crippen LogP contribution in [0.5, 0.6) is 0 Å². The summed E-state index contributed by atoms with van der Waals surface area (Å²) in [5, 5.41) is 0. The lowest BCUT2D eigenvalue weighted by atomic mass is 10.1. The van der Waals surface area contributed by atoms with Crippen LogP contribution in [-0.4, -0.2) is 42.0 Å². The van der Waals surface area contributed by atoms with E-state index in [9.17, 15) is 4.39 Å². The van der Waals surface area contributed by atoms with E-state index in [0.717, 1.165) is 26.2 Å². The monoisotopic (exact) mass is 265 g/mol. The Morgan fingerprint density at radius 1 is 1.26 bits per heavy atom. The topological polar surface area (TPSA) is 32.5 Å². The molecule has 2 rings (SSSR count). The van der Waals surface area contributed by atoms with Crippen LogP contribution >= 0.6 is 0 Å². The van der Waals surface area contributed by atoms with Crippen molar-refractivity contribution in [2.24, 2.45) is 0 Å². The van der Waals surface area contributed by atoms with Gasteiger partial charge in [0.2, 0.25) is 0 Å². The van der Waals surface area contributed by atoms with Crippen LogP contribution < -0.4 is 5.73 Å². The molecular formula is C15H24FN3. The summed E-state index contributed by atoms with van der Waals surface area (Å²) in [5.41, 5.74) is 6.56. The molecule has 1 aromatic rings. The van der Waals surface area contributed by atoms with Gasteiger partial charge in [-0.05, 0) is 19.4 Å². The Labute approximate surface area is 115 Å². The number of halogens is 1. The average molecular weight is 265 g/mol. The number of nitrogens with two attached hydrogens (primary N) is 1. The Hall–Kier alpha value is -1.13. The van der Waals surface area contributed by atoms with E-state index in [0.29, 0.717) is 18.2 Å². The SMILES string of the molecule is CCC(C)N1CCN(Cc2cccc(N)c2F)CC1. The third-order valence-electron chi connectivity index (χ3n) is 4.12. The van der Waals surface area contributed by atoms with Crippen molar-refractivity contribution < 1.29 is 4.39 Å². The van der Waals surface area contributed by atoms with Crippen LogP contribution in [0.3, 0.4) is 0 Å². The molecular weight excluding hydrogens is 241 g/mol. The van der Waals surface area contributed by atoms with Crippen LogP contribution in [0, 0.1) is 5.82 Å². The second-order valence-electron chi connectivity index (χ2n) is 5.39. The van der Waals surface area contributed by atoms with Gasteiger partial charge in [-0.25, -0.2) is 4.39 Å². The van der Waals surface area contributed by atoms with Crippen molar-refractivity contribution in [1.82, 2.24) is 9.80 Å². The van der Waals surface area contributed by atoms with Crippen molar-refractivity contribution in [1.29, 1.82) is 0 Å². The maximum atomic E-state index is 13.9. The van der Waals surface area contributed by atoms with Gasteiger partial charge in [0, 0.05) is 44.3 Å². The normalized spacial score (nSPS) is 19.5. The summed E-state index contributed by atoms with van der Waals surface area (Å²) in [6.07, 6.45) is 1.18. The Bertz CT molecular complexity index is 414. The summed E-state index contributed by atoms with van der Waals surface area (Å²) in [4.78, 5) is 4.81. The quantitative estimate of drug-likeness (QED) is 0.848. The minimum Gasteiger partial charge on any atom is -0.396 e. The maximum Gasteiger partial charge on any atom is 0.150 e. The zero-order chi connectivity index (χ0) is 13.8. The minimum absolute atomic E-state index is 0.246. The smallest absolute Gasteiger partial charge is 0.150 e. The molecule has 4 heteroatoms. The largest absolute Gasteiger partial charge is 0.396 e. The highest BCUT2D eigenvalue weighted by molar-refractivity contribution is 5.42. The van der Waals surface area contributed by atoms with Crippen molar-refractivity contribution >= 4 is 5.69 Å². The molecule has 0 saturated carbocycles. The lowest BCUT2D eigenvalue weighted by Crippen LogP contribution is -2.49. The van der Waals surface area contributed by atoms with Gasteiger partial charge in [0.05, 0.1) is 5.69 Å². The highest BCUT2D eigenvalue weighted by Crippen LogP contribution is 2.18. The van der Waals surface area contributed by atoms with E-state index in [-0.39, 0.29) is 11.5 Å². The van der Waals surface area contributed by atoms with Gasteiger partial charge < -0.3 is 5.73 Å². The van der Waals surface area contributed by atoms with Crippen molar-refractivity contribution in [3.8, 4) is 0 Å². The van der Waals surface area contributed by atoms with Crippen LogP contribution in [0.2, 0.25) is 0 Å². The van der Waals surface area contributed by atoms with E-state index in [4.69, 9.17) is 5.73 Å². The summed E-state index contributed by atoms with van der Waals surface area (Å²) >= 11 is 0. The zero-order valence-corrected chi connectivity index (χ0v) is 11.9. The number of hydrogen-bond donors (Lipinski definition) is 1. The van der Waals surface area contributed by atoms with Gasteiger partial charge in [-0.2, -0.15) is 0 Å². The van der Waals surface area contributed by atoms with Gasteiger partial charge in [-0.15, -0.1) is 0 Å². The first-order valence-corrected chi connectivity index (χ1v) is 7.11. The van der Waals surface area contributed by atoms with Gasteiger partial charge in [0.15, 0.2) is 5.82 Å². The highest BCUT2D eigenvalue weighted by Gasteiger charge is 2.20. The minimum atomic E-state index is -0.258. The molecule has 1 aliphatic heterocycles. The van der Waals surface area contributed by atoms with Crippen LogP contribution in [0.25, 0.3) is 0 Å². The third kappa shape index (κ3) is 3.45. The molecule has 1 unspecified atom stereocenters. The molecule has 0 amide bonds. The number of rotatable bonds is 4. The number of nitrogens with zero attached hydrogens (tertiary/aromatic N) is 2. The fourth-order valence-corrected chi connectivity index (χ4v) is 2.58. The Balaban J connectivity index is 1.90. The van der Waals surface area contributed by atoms with E-state index < -0.39 is 0 Å². The summed E-state index contributed by atoms with van der Waals surface area (Å²) in [6.45, 7) is 9.28. The molecule has 2 N–H and O–H groups in total.